The van der Waals surface area contributed by atoms with Crippen molar-refractivity contribution in [3.05, 3.63) is 30.3 Å². The van der Waals surface area contributed by atoms with Gasteiger partial charge in [0, 0.05) is 0 Å². The molecule has 0 atom stereocenters. The van der Waals surface area contributed by atoms with Gasteiger partial charge in [-0.2, -0.15) is 0 Å². The Hall–Kier alpha value is -2.53. The molecule has 0 radical (unpaired) electrons. The highest BCUT2D eigenvalue weighted by molar-refractivity contribution is 5.64. The normalized spacial score (nSPS) is 10.4. The highest BCUT2D eigenvalue weighted by Crippen LogP contribution is 2.10. The first kappa shape index (κ1) is 12.5. The summed E-state index contributed by atoms with van der Waals surface area (Å²) >= 11 is 0. The van der Waals surface area contributed by atoms with Crippen molar-refractivity contribution in [2.75, 3.05) is 6.54 Å². The maximum Gasteiger partial charge on any atom is 0.717 e. The van der Waals surface area contributed by atoms with E-state index in [9.17, 15) is 35.1 Å². The molecule has 0 fully saturated rings. The van der Waals surface area contributed by atoms with E-state index in [4.69, 9.17) is 5.11 Å². The Labute approximate surface area is 79.9 Å². The number of nitrogens with one attached hydrogen (secondary N) is 1. The van der Waals surface area contributed by atoms with E-state index in [0.717, 1.165) is 0 Å². The fourth-order valence-electron chi connectivity index (χ4n) is 0.588. The summed E-state index contributed by atoms with van der Waals surface area (Å²) in [7, 11) is 0. The molecular weight excluding hydrogens is 220 g/mol. The molecule has 0 aromatic carbocycles. The molecule has 0 bridgehead atoms. The number of rotatable bonds is 5. The van der Waals surface area contributed by atoms with Gasteiger partial charge in [-0.05, 0) is 0 Å². The van der Waals surface area contributed by atoms with Crippen LogP contribution in [0.25, 0.3) is 0 Å². The first-order chi connectivity index (χ1) is 6.75. The molecule has 0 unspecified atom stereocenters. The molecule has 0 aliphatic carbocycles. The smallest absolute Gasteiger partial charge is 0.465 e. The molecule has 0 spiro atoms. The number of nitrogens with zero attached hydrogens (tertiary/aromatic N) is 3. The average molecular weight is 224 g/mol. The van der Waals surface area contributed by atoms with E-state index >= 15 is 0 Å². The lowest BCUT2D eigenvalue weighted by Gasteiger charge is -2.07. The molecule has 15 heavy (non-hydrogen) atoms. The van der Waals surface area contributed by atoms with Crippen molar-refractivity contribution in [3.8, 4) is 0 Å². The Balaban J connectivity index is 5.15. The Bertz CT molecular complexity index is 288. The topological polar surface area (TPSA) is 179 Å². The number of hydrogen-bond acceptors (Lipinski definition) is 7. The summed E-state index contributed by atoms with van der Waals surface area (Å²) in [5, 5.41) is 39.9. The third kappa shape index (κ3) is 2.23. The lowest BCUT2D eigenvalue weighted by atomic mass is 10.4. The highest BCUT2D eigenvalue weighted by atomic mass is 16.7. The average Bonchev–Trinajstić information content (AvgIpc) is 2.02. The van der Waals surface area contributed by atoms with Gasteiger partial charge < -0.3 is 5.11 Å². The zero-order valence-electron chi connectivity index (χ0n) is 6.85. The zero-order chi connectivity index (χ0) is 12.2. The number of amides is 1. The van der Waals surface area contributed by atoms with Gasteiger partial charge in [-0.1, -0.05) is 0 Å². The van der Waals surface area contributed by atoms with Gasteiger partial charge in [-0.15, -0.1) is 0 Å². The van der Waals surface area contributed by atoms with E-state index in [0.29, 0.717) is 0 Å². The minimum atomic E-state index is -3.79. The van der Waals surface area contributed by atoms with Crippen LogP contribution in [0.2, 0.25) is 0 Å². The second-order valence-corrected chi connectivity index (χ2v) is 2.20. The van der Waals surface area contributed by atoms with E-state index in [1.807, 2.05) is 0 Å². The van der Waals surface area contributed by atoms with Crippen LogP contribution in [-0.2, 0) is 0 Å². The van der Waals surface area contributed by atoms with E-state index < -0.39 is 33.2 Å². The Morgan fingerprint density at radius 3 is 1.67 bits per heavy atom. The summed E-state index contributed by atoms with van der Waals surface area (Å²) in [5.74, 6) is -3.79. The third-order valence-corrected chi connectivity index (χ3v) is 1.35. The minimum absolute atomic E-state index is 1.22. The molecular formula is C3H4N4O8. The summed E-state index contributed by atoms with van der Waals surface area (Å²) in [6, 6.07) is 0. The Morgan fingerprint density at radius 1 is 1.13 bits per heavy atom. The number of carbonyl (C=O) groups is 1. The van der Waals surface area contributed by atoms with Crippen molar-refractivity contribution in [1.82, 2.24) is 5.32 Å². The van der Waals surface area contributed by atoms with Crippen molar-refractivity contribution < 1.29 is 24.7 Å². The molecule has 12 nitrogen and oxygen atoms in total. The predicted molar refractivity (Wildman–Crippen MR) is 39.7 cm³/mol. The standard InChI is InChI=1S/C3H4N4O8/c8-2(9)4-1-3(5(10)11,6(12)13)7(14)15/h4H,1H2,(H,8,9). The maximum atomic E-state index is 10.2. The second-order valence-electron chi connectivity index (χ2n) is 2.20. The minimum Gasteiger partial charge on any atom is -0.465 e. The molecule has 0 aliphatic rings. The summed E-state index contributed by atoms with van der Waals surface area (Å²) in [4.78, 5) is 35.2. The highest BCUT2D eigenvalue weighted by Gasteiger charge is 2.70. The molecule has 0 aromatic heterocycles. The number of carboxylic acid groups (broad SMARTS) is 1. The largest absolute Gasteiger partial charge is 0.717 e. The van der Waals surface area contributed by atoms with Crippen LogP contribution in [0.4, 0.5) is 4.79 Å². The Morgan fingerprint density at radius 2 is 1.47 bits per heavy atom. The molecule has 0 saturated heterocycles. The molecule has 0 saturated carbocycles. The van der Waals surface area contributed by atoms with Gasteiger partial charge in [0.05, 0.1) is 0 Å². The van der Waals surface area contributed by atoms with E-state index in [-0.39, 0.29) is 0 Å². The SMILES string of the molecule is O=C(O)NCC([N+](=O)[O-])([N+](=O)[O-])[N+](=O)[O-]. The predicted octanol–water partition coefficient (Wildman–Crippen LogP) is -1.26. The molecule has 84 valence electrons. The molecule has 2 N–H and O–H groups in total. The van der Waals surface area contributed by atoms with E-state index in [1.165, 1.54) is 5.32 Å². The second kappa shape index (κ2) is 4.12. The molecule has 0 aliphatic heterocycles. The fraction of sp³-hybridized carbons (Fsp3) is 0.667. The van der Waals surface area contributed by atoms with Crippen molar-refractivity contribution in [1.29, 1.82) is 0 Å². The van der Waals surface area contributed by atoms with Crippen molar-refractivity contribution in [2.24, 2.45) is 0 Å². The van der Waals surface area contributed by atoms with Crippen LogP contribution in [-0.4, -0.2) is 38.3 Å². The van der Waals surface area contributed by atoms with Crippen molar-refractivity contribution in [2.45, 2.75) is 5.79 Å². The van der Waals surface area contributed by atoms with Crippen LogP contribution >= 0.6 is 0 Å². The first-order valence-corrected chi connectivity index (χ1v) is 3.15. The summed E-state index contributed by atoms with van der Waals surface area (Å²) < 4.78 is 0. The molecule has 12 heteroatoms. The quantitative estimate of drug-likeness (QED) is 0.329. The van der Waals surface area contributed by atoms with E-state index in [2.05, 4.69) is 0 Å². The van der Waals surface area contributed by atoms with Gasteiger partial charge in [0.2, 0.25) is 6.54 Å². The maximum absolute atomic E-state index is 10.2. The van der Waals surface area contributed by atoms with Gasteiger partial charge in [-0.3, -0.25) is 35.7 Å². The summed E-state index contributed by atoms with van der Waals surface area (Å²) in [6.07, 6.45) is -1.84. The van der Waals surface area contributed by atoms with Crippen LogP contribution < -0.4 is 5.32 Å². The lowest BCUT2D eigenvalue weighted by Crippen LogP contribution is -2.60. The molecule has 0 rings (SSSR count). The van der Waals surface area contributed by atoms with Crippen LogP contribution in [0.3, 0.4) is 0 Å². The van der Waals surface area contributed by atoms with Gasteiger partial charge >= 0.3 is 11.9 Å². The Kier molecular flexibility index (Phi) is 3.42. The molecule has 1 amide bonds. The van der Waals surface area contributed by atoms with Crippen molar-refractivity contribution >= 4 is 6.09 Å². The van der Waals surface area contributed by atoms with Crippen molar-refractivity contribution in [3.63, 3.8) is 0 Å². The molecule has 0 aromatic rings. The van der Waals surface area contributed by atoms with Crippen LogP contribution in [0, 0.1) is 30.3 Å². The van der Waals surface area contributed by atoms with Gasteiger partial charge in [-0.25, -0.2) is 4.79 Å². The van der Waals surface area contributed by atoms with Crippen LogP contribution in [0.15, 0.2) is 0 Å². The summed E-state index contributed by atoms with van der Waals surface area (Å²) in [6.45, 7) is -1.56. The van der Waals surface area contributed by atoms with Crippen LogP contribution in [0.1, 0.15) is 0 Å². The van der Waals surface area contributed by atoms with E-state index in [1.54, 1.807) is 0 Å². The number of nitro groups is 3. The third-order valence-electron chi connectivity index (χ3n) is 1.35. The monoisotopic (exact) mass is 224 g/mol. The van der Waals surface area contributed by atoms with Crippen LogP contribution in [0.5, 0.6) is 0 Å². The lowest BCUT2D eigenvalue weighted by molar-refractivity contribution is -0.966. The molecule has 0 heterocycles. The first-order valence-electron chi connectivity index (χ1n) is 3.15. The summed E-state index contributed by atoms with van der Waals surface area (Å²) in [5.41, 5.74) is 0. The number of hydrogen-bond donors (Lipinski definition) is 2. The van der Waals surface area contributed by atoms with Gasteiger partial charge in [0.1, 0.15) is 0 Å². The van der Waals surface area contributed by atoms with Gasteiger partial charge in [0.15, 0.2) is 14.8 Å². The fourth-order valence-corrected chi connectivity index (χ4v) is 0.588. The van der Waals surface area contributed by atoms with Gasteiger partial charge in [0.25, 0.3) is 0 Å². The zero-order valence-corrected chi connectivity index (χ0v) is 6.85.